The van der Waals surface area contributed by atoms with E-state index in [1.807, 2.05) is 30.1 Å². The minimum atomic E-state index is 0.122. The lowest BCUT2D eigenvalue weighted by molar-refractivity contribution is 0.112. The minimum Gasteiger partial charge on any atom is -0.395 e. The molecule has 1 aromatic heterocycles. The molecule has 2 aromatic rings. The molecule has 0 saturated heterocycles. The number of carbonyl (C=O) groups is 1. The van der Waals surface area contributed by atoms with Gasteiger partial charge in [-0.05, 0) is 18.2 Å². The van der Waals surface area contributed by atoms with Crippen molar-refractivity contribution in [1.82, 2.24) is 4.98 Å². The van der Waals surface area contributed by atoms with E-state index in [1.54, 1.807) is 0 Å². The smallest absolute Gasteiger partial charge is 0.178 e. The Bertz CT molecular complexity index is 510. The van der Waals surface area contributed by atoms with Crippen molar-refractivity contribution >= 4 is 33.5 Å². The van der Waals surface area contributed by atoms with Crippen LogP contribution < -0.4 is 4.90 Å². The molecule has 0 bridgehead atoms. The normalized spacial score (nSPS) is 10.6. The summed E-state index contributed by atoms with van der Waals surface area (Å²) < 4.78 is 0.990. The predicted molar refractivity (Wildman–Crippen MR) is 65.4 cm³/mol. The van der Waals surface area contributed by atoms with Crippen LogP contribution in [0.2, 0.25) is 0 Å². The van der Waals surface area contributed by atoms with Crippen LogP contribution in [-0.4, -0.2) is 36.6 Å². The molecular weight excluding hydrogens is 224 g/mol. The molecule has 1 heterocycles. The van der Waals surface area contributed by atoms with Crippen molar-refractivity contribution in [2.24, 2.45) is 0 Å². The molecule has 2 rings (SSSR count). The van der Waals surface area contributed by atoms with Crippen LogP contribution in [0.15, 0.2) is 18.2 Å². The van der Waals surface area contributed by atoms with Crippen molar-refractivity contribution in [2.75, 3.05) is 25.1 Å². The maximum Gasteiger partial charge on any atom is 0.178 e. The highest BCUT2D eigenvalue weighted by molar-refractivity contribution is 7.20. The molecule has 84 valence electrons. The first-order chi connectivity index (χ1) is 7.74. The number of anilines is 1. The van der Waals surface area contributed by atoms with Gasteiger partial charge in [-0.15, -0.1) is 11.3 Å². The Morgan fingerprint density at radius 2 is 2.38 bits per heavy atom. The summed E-state index contributed by atoms with van der Waals surface area (Å²) in [6, 6.07) is 5.81. The van der Waals surface area contributed by atoms with E-state index in [1.165, 1.54) is 11.3 Å². The first-order valence-corrected chi connectivity index (χ1v) is 5.74. The van der Waals surface area contributed by atoms with Crippen LogP contribution in [0.3, 0.4) is 0 Å². The van der Waals surface area contributed by atoms with Gasteiger partial charge in [0.15, 0.2) is 11.3 Å². The van der Waals surface area contributed by atoms with Gasteiger partial charge in [0.05, 0.1) is 16.8 Å². The molecule has 0 atom stereocenters. The maximum absolute atomic E-state index is 10.6. The average Bonchev–Trinajstić information content (AvgIpc) is 2.70. The Kier molecular flexibility index (Phi) is 3.17. The molecule has 0 aliphatic rings. The van der Waals surface area contributed by atoms with Gasteiger partial charge in [-0.25, -0.2) is 4.98 Å². The van der Waals surface area contributed by atoms with Crippen molar-refractivity contribution in [3.05, 3.63) is 23.2 Å². The van der Waals surface area contributed by atoms with E-state index < -0.39 is 0 Å². The molecule has 1 aromatic carbocycles. The lowest BCUT2D eigenvalue weighted by Crippen LogP contribution is -2.20. The van der Waals surface area contributed by atoms with Crippen LogP contribution in [0, 0.1) is 0 Å². The Hall–Kier alpha value is -1.46. The number of nitrogens with zero attached hydrogens (tertiary/aromatic N) is 2. The van der Waals surface area contributed by atoms with E-state index in [9.17, 15) is 4.79 Å². The fraction of sp³-hybridized carbons (Fsp3) is 0.273. The number of fused-ring (bicyclic) bond motifs is 1. The third-order valence-corrected chi connectivity index (χ3v) is 3.31. The summed E-state index contributed by atoms with van der Waals surface area (Å²) in [7, 11) is 1.92. The predicted octanol–water partition coefficient (Wildman–Crippen LogP) is 1.54. The van der Waals surface area contributed by atoms with E-state index in [0.29, 0.717) is 11.6 Å². The topological polar surface area (TPSA) is 53.4 Å². The molecule has 0 aliphatic heterocycles. The van der Waals surface area contributed by atoms with E-state index in [-0.39, 0.29) is 6.61 Å². The largest absolute Gasteiger partial charge is 0.395 e. The molecule has 0 fully saturated rings. The highest BCUT2D eigenvalue weighted by Gasteiger charge is 2.05. The molecule has 0 unspecified atom stereocenters. The number of hydrogen-bond donors (Lipinski definition) is 1. The summed E-state index contributed by atoms with van der Waals surface area (Å²) in [6.07, 6.45) is 0.766. The zero-order valence-electron chi connectivity index (χ0n) is 8.88. The monoisotopic (exact) mass is 236 g/mol. The standard InChI is InChI=1S/C11H12N2O2S/c1-13(4-5-14)8-2-3-9-10(6-8)16-11(7-15)12-9/h2-3,6-7,14H,4-5H2,1H3. The van der Waals surface area contributed by atoms with Crippen molar-refractivity contribution < 1.29 is 9.90 Å². The van der Waals surface area contributed by atoms with Gasteiger partial charge in [-0.3, -0.25) is 4.79 Å². The third-order valence-electron chi connectivity index (χ3n) is 2.37. The van der Waals surface area contributed by atoms with Gasteiger partial charge >= 0.3 is 0 Å². The van der Waals surface area contributed by atoms with Crippen molar-refractivity contribution in [3.8, 4) is 0 Å². The second-order valence-corrected chi connectivity index (χ2v) is 4.53. The van der Waals surface area contributed by atoms with Crippen LogP contribution in [0.4, 0.5) is 5.69 Å². The molecule has 0 amide bonds. The number of thiazole rings is 1. The fourth-order valence-electron chi connectivity index (χ4n) is 1.50. The summed E-state index contributed by atoms with van der Waals surface area (Å²) in [6.45, 7) is 0.710. The van der Waals surface area contributed by atoms with E-state index in [4.69, 9.17) is 5.11 Å². The third kappa shape index (κ3) is 2.05. The van der Waals surface area contributed by atoms with Gasteiger partial charge in [0, 0.05) is 19.3 Å². The van der Waals surface area contributed by atoms with E-state index in [2.05, 4.69) is 4.98 Å². The zero-order chi connectivity index (χ0) is 11.5. The van der Waals surface area contributed by atoms with Crippen LogP contribution in [0.5, 0.6) is 0 Å². The highest BCUT2D eigenvalue weighted by Crippen LogP contribution is 2.25. The average molecular weight is 236 g/mol. The maximum atomic E-state index is 10.6. The van der Waals surface area contributed by atoms with E-state index in [0.717, 1.165) is 22.2 Å². The van der Waals surface area contributed by atoms with Crippen LogP contribution >= 0.6 is 11.3 Å². The van der Waals surface area contributed by atoms with Gasteiger partial charge < -0.3 is 10.0 Å². The lowest BCUT2D eigenvalue weighted by Gasteiger charge is -2.17. The van der Waals surface area contributed by atoms with Gasteiger partial charge in [-0.2, -0.15) is 0 Å². The number of aliphatic hydroxyl groups is 1. The lowest BCUT2D eigenvalue weighted by atomic mass is 10.3. The number of benzene rings is 1. The van der Waals surface area contributed by atoms with Gasteiger partial charge in [0.2, 0.25) is 0 Å². The summed E-state index contributed by atoms with van der Waals surface area (Å²) in [5.74, 6) is 0. The first-order valence-electron chi connectivity index (χ1n) is 4.92. The molecule has 0 saturated carbocycles. The van der Waals surface area contributed by atoms with Crippen molar-refractivity contribution in [3.63, 3.8) is 0 Å². The van der Waals surface area contributed by atoms with Crippen LogP contribution in [0.1, 0.15) is 9.80 Å². The SMILES string of the molecule is CN(CCO)c1ccc2nc(C=O)sc2c1. The van der Waals surface area contributed by atoms with Gasteiger partial charge in [-0.1, -0.05) is 0 Å². The Morgan fingerprint density at radius 3 is 3.06 bits per heavy atom. The summed E-state index contributed by atoms with van der Waals surface area (Å²) >= 11 is 1.38. The number of hydrogen-bond acceptors (Lipinski definition) is 5. The van der Waals surface area contributed by atoms with Crippen LogP contribution in [-0.2, 0) is 0 Å². The summed E-state index contributed by atoms with van der Waals surface area (Å²) in [5.41, 5.74) is 1.86. The second kappa shape index (κ2) is 4.59. The molecule has 0 aliphatic carbocycles. The summed E-state index contributed by atoms with van der Waals surface area (Å²) in [5, 5.41) is 9.35. The Morgan fingerprint density at radius 1 is 1.56 bits per heavy atom. The van der Waals surface area contributed by atoms with Crippen molar-refractivity contribution in [2.45, 2.75) is 0 Å². The van der Waals surface area contributed by atoms with E-state index >= 15 is 0 Å². The quantitative estimate of drug-likeness (QED) is 0.818. The van der Waals surface area contributed by atoms with Gasteiger partial charge in [0.25, 0.3) is 0 Å². The molecule has 1 N–H and O–H groups in total. The number of carbonyl (C=O) groups excluding carboxylic acids is 1. The second-order valence-electron chi connectivity index (χ2n) is 3.47. The summed E-state index contributed by atoms with van der Waals surface area (Å²) in [4.78, 5) is 16.7. The molecular formula is C11H12N2O2S. The number of aromatic nitrogens is 1. The molecule has 0 radical (unpaired) electrons. The first kappa shape index (κ1) is 11.0. The number of aldehydes is 1. The van der Waals surface area contributed by atoms with Gasteiger partial charge in [0.1, 0.15) is 0 Å². The number of likely N-dealkylation sites (N-methyl/N-ethyl adjacent to an activating group) is 1. The van der Waals surface area contributed by atoms with Crippen molar-refractivity contribution in [1.29, 1.82) is 0 Å². The Labute approximate surface area is 97.1 Å². The van der Waals surface area contributed by atoms with Crippen LogP contribution in [0.25, 0.3) is 10.2 Å². The highest BCUT2D eigenvalue weighted by atomic mass is 32.1. The number of rotatable bonds is 4. The number of aliphatic hydroxyl groups excluding tert-OH is 1. The molecule has 0 spiro atoms. The molecule has 16 heavy (non-hydrogen) atoms. The molecule has 5 heteroatoms. The molecule has 4 nitrogen and oxygen atoms in total. The Balaban J connectivity index is 2.38. The minimum absolute atomic E-state index is 0.122. The zero-order valence-corrected chi connectivity index (χ0v) is 9.70. The fourth-order valence-corrected chi connectivity index (χ4v) is 2.31.